The highest BCUT2D eigenvalue weighted by molar-refractivity contribution is 5.94. The fourth-order valence-corrected chi connectivity index (χ4v) is 1.03. The van der Waals surface area contributed by atoms with Gasteiger partial charge in [-0.1, -0.05) is 5.21 Å². The number of hydrogen-bond donors (Lipinski definition) is 1. The third-order valence-electron chi connectivity index (χ3n) is 1.83. The molecule has 1 atom stereocenters. The van der Waals surface area contributed by atoms with Crippen LogP contribution in [-0.4, -0.2) is 26.8 Å². The van der Waals surface area contributed by atoms with Crippen LogP contribution in [0.1, 0.15) is 30.3 Å². The summed E-state index contributed by atoms with van der Waals surface area (Å²) in [5.74, 6) is 0.0461. The van der Waals surface area contributed by atoms with Crippen LogP contribution in [-0.2, 0) is 7.05 Å². The SMILES string of the molecule is CC(N)CCC(=O)c1cnnn1C. The molecule has 1 aromatic heterocycles. The van der Waals surface area contributed by atoms with Gasteiger partial charge in [0, 0.05) is 19.5 Å². The topological polar surface area (TPSA) is 73.8 Å². The van der Waals surface area contributed by atoms with Gasteiger partial charge >= 0.3 is 0 Å². The summed E-state index contributed by atoms with van der Waals surface area (Å²) in [7, 11) is 1.70. The average Bonchev–Trinajstić information content (AvgIpc) is 2.47. The van der Waals surface area contributed by atoms with Gasteiger partial charge in [-0.3, -0.25) is 4.79 Å². The van der Waals surface area contributed by atoms with Crippen molar-refractivity contribution in [1.29, 1.82) is 0 Å². The van der Waals surface area contributed by atoms with Crippen LogP contribution in [0.25, 0.3) is 0 Å². The molecule has 2 N–H and O–H groups in total. The first-order valence-electron chi connectivity index (χ1n) is 4.24. The molecule has 0 aliphatic heterocycles. The molecule has 0 fully saturated rings. The number of Topliss-reactive ketones (excluding diaryl/α,β-unsaturated/α-hetero) is 1. The Labute approximate surface area is 76.9 Å². The van der Waals surface area contributed by atoms with Crippen LogP contribution < -0.4 is 5.73 Å². The molecule has 1 unspecified atom stereocenters. The van der Waals surface area contributed by atoms with Crippen molar-refractivity contribution in [1.82, 2.24) is 15.0 Å². The molecule has 1 rings (SSSR count). The molecule has 0 saturated heterocycles. The Kier molecular flexibility index (Phi) is 3.13. The minimum absolute atomic E-state index is 0.0461. The second kappa shape index (κ2) is 4.13. The van der Waals surface area contributed by atoms with Crippen molar-refractivity contribution in [2.24, 2.45) is 12.8 Å². The number of rotatable bonds is 4. The molecule has 13 heavy (non-hydrogen) atoms. The van der Waals surface area contributed by atoms with Gasteiger partial charge in [-0.25, -0.2) is 4.68 Å². The standard InChI is InChI=1S/C8H14N4O/c1-6(9)3-4-8(13)7-5-10-11-12(7)2/h5-6H,3-4,9H2,1-2H3. The largest absolute Gasteiger partial charge is 0.328 e. The summed E-state index contributed by atoms with van der Waals surface area (Å²) in [4.78, 5) is 11.5. The lowest BCUT2D eigenvalue weighted by molar-refractivity contribution is 0.0969. The molecule has 0 radical (unpaired) electrons. The minimum Gasteiger partial charge on any atom is -0.328 e. The second-order valence-corrected chi connectivity index (χ2v) is 3.18. The van der Waals surface area contributed by atoms with Gasteiger partial charge in [0.2, 0.25) is 0 Å². The van der Waals surface area contributed by atoms with Crippen LogP contribution >= 0.6 is 0 Å². The monoisotopic (exact) mass is 182 g/mol. The first-order valence-corrected chi connectivity index (χ1v) is 4.24. The molecule has 0 aliphatic carbocycles. The third-order valence-corrected chi connectivity index (χ3v) is 1.83. The van der Waals surface area contributed by atoms with E-state index >= 15 is 0 Å². The summed E-state index contributed by atoms with van der Waals surface area (Å²) >= 11 is 0. The van der Waals surface area contributed by atoms with Crippen LogP contribution in [0.4, 0.5) is 0 Å². The second-order valence-electron chi connectivity index (χ2n) is 3.18. The highest BCUT2D eigenvalue weighted by atomic mass is 16.1. The maximum Gasteiger partial charge on any atom is 0.182 e. The Balaban J connectivity index is 2.54. The van der Waals surface area contributed by atoms with E-state index in [1.807, 2.05) is 6.92 Å². The molecule has 5 nitrogen and oxygen atoms in total. The molecular weight excluding hydrogens is 168 g/mol. The van der Waals surface area contributed by atoms with Gasteiger partial charge < -0.3 is 5.73 Å². The molecule has 5 heteroatoms. The van der Waals surface area contributed by atoms with Crippen LogP contribution in [0.5, 0.6) is 0 Å². The van der Waals surface area contributed by atoms with Crippen LogP contribution in [0, 0.1) is 0 Å². The quantitative estimate of drug-likeness (QED) is 0.671. The molecule has 0 aromatic carbocycles. The van der Waals surface area contributed by atoms with Gasteiger partial charge in [0.05, 0.1) is 6.20 Å². The molecule has 0 amide bonds. The van der Waals surface area contributed by atoms with Crippen LogP contribution in [0.2, 0.25) is 0 Å². The van der Waals surface area contributed by atoms with Crippen molar-refractivity contribution in [2.45, 2.75) is 25.8 Å². The number of nitrogens with two attached hydrogens (primary N) is 1. The fraction of sp³-hybridized carbons (Fsp3) is 0.625. The number of nitrogens with zero attached hydrogens (tertiary/aromatic N) is 3. The van der Waals surface area contributed by atoms with E-state index in [1.54, 1.807) is 7.05 Å². The predicted molar refractivity (Wildman–Crippen MR) is 48.2 cm³/mol. The maximum absolute atomic E-state index is 11.5. The lowest BCUT2D eigenvalue weighted by Gasteiger charge is -2.03. The van der Waals surface area contributed by atoms with Crippen molar-refractivity contribution in [2.75, 3.05) is 0 Å². The number of hydrogen-bond acceptors (Lipinski definition) is 4. The van der Waals surface area contributed by atoms with Crippen molar-refractivity contribution < 1.29 is 4.79 Å². The van der Waals surface area contributed by atoms with Crippen molar-refractivity contribution in [3.8, 4) is 0 Å². The van der Waals surface area contributed by atoms with Crippen molar-refractivity contribution in [3.63, 3.8) is 0 Å². The zero-order valence-electron chi connectivity index (χ0n) is 7.90. The number of aryl methyl sites for hydroxylation is 1. The van der Waals surface area contributed by atoms with E-state index in [1.165, 1.54) is 10.9 Å². The Morgan fingerprint density at radius 2 is 2.46 bits per heavy atom. The Morgan fingerprint density at radius 1 is 1.77 bits per heavy atom. The summed E-state index contributed by atoms with van der Waals surface area (Å²) in [6.07, 6.45) is 2.63. The summed E-state index contributed by atoms with van der Waals surface area (Å²) in [6.45, 7) is 1.88. The normalized spacial score (nSPS) is 12.8. The number of ketones is 1. The number of carbonyl (C=O) groups is 1. The smallest absolute Gasteiger partial charge is 0.182 e. The highest BCUT2D eigenvalue weighted by Crippen LogP contribution is 2.03. The van der Waals surface area contributed by atoms with Gasteiger partial charge in [-0.15, -0.1) is 5.10 Å². The lowest BCUT2D eigenvalue weighted by Crippen LogP contribution is -2.17. The Bertz CT molecular complexity index is 292. The van der Waals surface area contributed by atoms with Gasteiger partial charge in [-0.05, 0) is 13.3 Å². The summed E-state index contributed by atoms with van der Waals surface area (Å²) in [5.41, 5.74) is 6.08. The molecule has 0 spiro atoms. The van der Waals surface area contributed by atoms with Gasteiger partial charge in [0.25, 0.3) is 0 Å². The van der Waals surface area contributed by atoms with Crippen molar-refractivity contribution >= 4 is 5.78 Å². The Hall–Kier alpha value is -1.23. The fourth-order valence-electron chi connectivity index (χ4n) is 1.03. The molecule has 0 aliphatic rings. The first-order chi connectivity index (χ1) is 6.11. The van der Waals surface area contributed by atoms with E-state index in [4.69, 9.17) is 5.73 Å². The molecule has 0 saturated carbocycles. The van der Waals surface area contributed by atoms with E-state index in [-0.39, 0.29) is 11.8 Å². The predicted octanol–water partition coefficient (Wildman–Crippen LogP) is 0.125. The summed E-state index contributed by atoms with van der Waals surface area (Å²) in [5, 5.41) is 7.31. The molecule has 72 valence electrons. The third kappa shape index (κ3) is 2.62. The molecule has 1 heterocycles. The van der Waals surface area contributed by atoms with E-state index in [9.17, 15) is 4.79 Å². The summed E-state index contributed by atoms with van der Waals surface area (Å²) < 4.78 is 1.48. The van der Waals surface area contributed by atoms with Gasteiger partial charge in [-0.2, -0.15) is 0 Å². The zero-order chi connectivity index (χ0) is 9.84. The lowest BCUT2D eigenvalue weighted by atomic mass is 10.1. The minimum atomic E-state index is 0.0461. The summed E-state index contributed by atoms with van der Waals surface area (Å²) in [6, 6.07) is 0.0603. The zero-order valence-corrected chi connectivity index (χ0v) is 7.90. The van der Waals surface area contributed by atoms with Gasteiger partial charge in [0.15, 0.2) is 5.78 Å². The van der Waals surface area contributed by atoms with Crippen LogP contribution in [0.3, 0.4) is 0 Å². The molecule has 1 aromatic rings. The maximum atomic E-state index is 11.5. The van der Waals surface area contributed by atoms with E-state index < -0.39 is 0 Å². The number of carbonyl (C=O) groups excluding carboxylic acids is 1. The molecule has 0 bridgehead atoms. The van der Waals surface area contributed by atoms with Crippen molar-refractivity contribution in [3.05, 3.63) is 11.9 Å². The van der Waals surface area contributed by atoms with E-state index in [0.29, 0.717) is 18.5 Å². The molecular formula is C8H14N4O. The Morgan fingerprint density at radius 3 is 2.92 bits per heavy atom. The highest BCUT2D eigenvalue weighted by Gasteiger charge is 2.10. The van der Waals surface area contributed by atoms with Gasteiger partial charge in [0.1, 0.15) is 5.69 Å². The first kappa shape index (κ1) is 9.85. The van der Waals surface area contributed by atoms with Crippen LogP contribution in [0.15, 0.2) is 6.20 Å². The van der Waals surface area contributed by atoms with E-state index in [2.05, 4.69) is 10.3 Å². The average molecular weight is 182 g/mol. The van der Waals surface area contributed by atoms with E-state index in [0.717, 1.165) is 0 Å². The number of aromatic nitrogens is 3.